The lowest BCUT2D eigenvalue weighted by Crippen LogP contribution is -2.06. The van der Waals surface area contributed by atoms with Crippen LogP contribution in [-0.4, -0.2) is 14.2 Å². The third kappa shape index (κ3) is 3.09. The Morgan fingerprint density at radius 1 is 1.21 bits per heavy atom. The van der Waals surface area contributed by atoms with Crippen LogP contribution in [0.4, 0.5) is 0 Å². The Balaban J connectivity index is 2.57. The topological polar surface area (TPSA) is 18.5 Å². The SMILES string of the molecule is CCCCC1C=C(OC)CC(OC)=C1. The van der Waals surface area contributed by atoms with Crippen LogP contribution in [0.25, 0.3) is 0 Å². The highest BCUT2D eigenvalue weighted by Gasteiger charge is 2.14. The highest BCUT2D eigenvalue weighted by molar-refractivity contribution is 5.18. The maximum atomic E-state index is 5.27. The Kier molecular flexibility index (Phi) is 4.57. The van der Waals surface area contributed by atoms with Crippen molar-refractivity contribution in [3.63, 3.8) is 0 Å². The molecule has 0 saturated heterocycles. The normalized spacial score (nSPS) is 17.4. The molecule has 2 heteroatoms. The second kappa shape index (κ2) is 5.74. The van der Waals surface area contributed by atoms with Crippen molar-refractivity contribution < 1.29 is 9.47 Å². The molecule has 0 aliphatic heterocycles. The van der Waals surface area contributed by atoms with Gasteiger partial charge in [-0.1, -0.05) is 19.8 Å². The fourth-order valence-electron chi connectivity index (χ4n) is 1.70. The van der Waals surface area contributed by atoms with Crippen molar-refractivity contribution in [1.82, 2.24) is 0 Å². The summed E-state index contributed by atoms with van der Waals surface area (Å²) >= 11 is 0. The Labute approximate surface area is 86.6 Å². The minimum Gasteiger partial charge on any atom is -0.501 e. The van der Waals surface area contributed by atoms with Gasteiger partial charge >= 0.3 is 0 Å². The molecule has 0 N–H and O–H groups in total. The van der Waals surface area contributed by atoms with E-state index in [0.29, 0.717) is 5.92 Å². The van der Waals surface area contributed by atoms with E-state index < -0.39 is 0 Å². The second-order valence-corrected chi connectivity index (χ2v) is 3.66. The number of unbranched alkanes of at least 4 members (excludes halogenated alkanes) is 1. The maximum Gasteiger partial charge on any atom is 0.0996 e. The summed E-state index contributed by atoms with van der Waals surface area (Å²) in [4.78, 5) is 0. The van der Waals surface area contributed by atoms with Crippen molar-refractivity contribution >= 4 is 0 Å². The number of rotatable bonds is 5. The van der Waals surface area contributed by atoms with Crippen LogP contribution >= 0.6 is 0 Å². The quantitative estimate of drug-likeness (QED) is 0.672. The first-order valence-electron chi connectivity index (χ1n) is 5.29. The van der Waals surface area contributed by atoms with Crippen molar-refractivity contribution in [2.45, 2.75) is 32.6 Å². The highest BCUT2D eigenvalue weighted by Crippen LogP contribution is 2.26. The molecule has 0 aromatic carbocycles. The van der Waals surface area contributed by atoms with Crippen LogP contribution in [0.3, 0.4) is 0 Å². The van der Waals surface area contributed by atoms with Crippen LogP contribution in [-0.2, 0) is 9.47 Å². The van der Waals surface area contributed by atoms with Crippen molar-refractivity contribution in [3.05, 3.63) is 23.7 Å². The maximum absolute atomic E-state index is 5.27. The van der Waals surface area contributed by atoms with Crippen LogP contribution in [0, 0.1) is 5.92 Å². The fraction of sp³-hybridized carbons (Fsp3) is 0.667. The molecule has 80 valence electrons. The van der Waals surface area contributed by atoms with E-state index in [2.05, 4.69) is 19.1 Å². The highest BCUT2D eigenvalue weighted by atomic mass is 16.5. The molecule has 0 saturated carbocycles. The lowest BCUT2D eigenvalue weighted by Gasteiger charge is -2.19. The molecule has 0 heterocycles. The van der Waals surface area contributed by atoms with E-state index in [-0.39, 0.29) is 0 Å². The first-order chi connectivity index (χ1) is 6.80. The second-order valence-electron chi connectivity index (χ2n) is 3.66. The number of methoxy groups -OCH3 is 2. The third-order valence-corrected chi connectivity index (χ3v) is 2.56. The molecule has 2 nitrogen and oxygen atoms in total. The molecule has 1 rings (SSSR count). The van der Waals surface area contributed by atoms with Gasteiger partial charge in [0.15, 0.2) is 0 Å². The van der Waals surface area contributed by atoms with Crippen LogP contribution < -0.4 is 0 Å². The van der Waals surface area contributed by atoms with E-state index in [1.165, 1.54) is 19.3 Å². The first kappa shape index (κ1) is 11.2. The van der Waals surface area contributed by atoms with Crippen molar-refractivity contribution in [2.24, 2.45) is 5.92 Å². The Bertz CT molecular complexity index is 208. The standard InChI is InChI=1S/C12H20O2/c1-4-5-6-10-7-11(13-2)9-12(8-10)14-3/h7-8,10H,4-6,9H2,1-3H3. The Hall–Kier alpha value is -0.920. The zero-order valence-corrected chi connectivity index (χ0v) is 9.38. The van der Waals surface area contributed by atoms with Gasteiger partial charge in [-0.15, -0.1) is 0 Å². The van der Waals surface area contributed by atoms with Gasteiger partial charge in [0.1, 0.15) is 0 Å². The number of allylic oxidation sites excluding steroid dienone is 2. The van der Waals surface area contributed by atoms with Gasteiger partial charge in [-0.3, -0.25) is 0 Å². The van der Waals surface area contributed by atoms with Crippen LogP contribution in [0.1, 0.15) is 32.6 Å². The van der Waals surface area contributed by atoms with Gasteiger partial charge in [0.05, 0.1) is 32.2 Å². The molecule has 0 unspecified atom stereocenters. The molecule has 1 aliphatic rings. The zero-order chi connectivity index (χ0) is 10.4. The smallest absolute Gasteiger partial charge is 0.0996 e. The van der Waals surface area contributed by atoms with Crippen molar-refractivity contribution in [1.29, 1.82) is 0 Å². The summed E-state index contributed by atoms with van der Waals surface area (Å²) in [5.41, 5.74) is 0. The molecule has 0 amide bonds. The monoisotopic (exact) mass is 196 g/mol. The van der Waals surface area contributed by atoms with Gasteiger partial charge in [-0.25, -0.2) is 0 Å². The summed E-state index contributed by atoms with van der Waals surface area (Å²) < 4.78 is 10.5. The molecule has 1 aliphatic carbocycles. The van der Waals surface area contributed by atoms with Gasteiger partial charge < -0.3 is 9.47 Å². The fourth-order valence-corrected chi connectivity index (χ4v) is 1.70. The average Bonchev–Trinajstić information content (AvgIpc) is 2.25. The van der Waals surface area contributed by atoms with Crippen LogP contribution in [0.2, 0.25) is 0 Å². The summed E-state index contributed by atoms with van der Waals surface area (Å²) in [5, 5.41) is 0. The lowest BCUT2D eigenvalue weighted by atomic mass is 9.95. The first-order valence-corrected chi connectivity index (χ1v) is 5.29. The van der Waals surface area contributed by atoms with E-state index in [9.17, 15) is 0 Å². The van der Waals surface area contributed by atoms with E-state index in [4.69, 9.17) is 9.47 Å². The summed E-state index contributed by atoms with van der Waals surface area (Å²) in [6.45, 7) is 2.21. The molecule has 0 radical (unpaired) electrons. The van der Waals surface area contributed by atoms with E-state index >= 15 is 0 Å². The minimum absolute atomic E-state index is 0.494. The van der Waals surface area contributed by atoms with Crippen molar-refractivity contribution in [3.8, 4) is 0 Å². The summed E-state index contributed by atoms with van der Waals surface area (Å²) in [5.74, 6) is 2.56. The Morgan fingerprint density at radius 2 is 1.79 bits per heavy atom. The van der Waals surface area contributed by atoms with E-state index in [1.807, 2.05) is 0 Å². The number of ether oxygens (including phenoxy) is 2. The van der Waals surface area contributed by atoms with Crippen LogP contribution in [0.5, 0.6) is 0 Å². The van der Waals surface area contributed by atoms with Gasteiger partial charge in [-0.2, -0.15) is 0 Å². The zero-order valence-electron chi connectivity index (χ0n) is 9.38. The van der Waals surface area contributed by atoms with Crippen molar-refractivity contribution in [2.75, 3.05) is 14.2 Å². The van der Waals surface area contributed by atoms with E-state index in [1.54, 1.807) is 14.2 Å². The summed E-state index contributed by atoms with van der Waals surface area (Å²) in [6, 6.07) is 0. The van der Waals surface area contributed by atoms with Crippen LogP contribution in [0.15, 0.2) is 23.7 Å². The molecule has 0 bridgehead atoms. The predicted octanol–water partition coefficient (Wildman–Crippen LogP) is 3.26. The largest absolute Gasteiger partial charge is 0.501 e. The third-order valence-electron chi connectivity index (χ3n) is 2.56. The van der Waals surface area contributed by atoms with Gasteiger partial charge in [-0.05, 0) is 18.6 Å². The van der Waals surface area contributed by atoms with E-state index in [0.717, 1.165) is 17.9 Å². The molecule has 14 heavy (non-hydrogen) atoms. The predicted molar refractivity (Wildman–Crippen MR) is 57.8 cm³/mol. The van der Waals surface area contributed by atoms with Gasteiger partial charge in [0.25, 0.3) is 0 Å². The molecule has 0 fully saturated rings. The number of hydrogen-bond acceptors (Lipinski definition) is 2. The Morgan fingerprint density at radius 3 is 2.21 bits per heavy atom. The van der Waals surface area contributed by atoms with Gasteiger partial charge in [0, 0.05) is 5.92 Å². The number of hydrogen-bond donors (Lipinski definition) is 0. The minimum atomic E-state index is 0.494. The average molecular weight is 196 g/mol. The molecule has 0 aromatic heterocycles. The van der Waals surface area contributed by atoms with Gasteiger partial charge in [0.2, 0.25) is 0 Å². The molecule has 0 spiro atoms. The molecule has 0 aromatic rings. The molecule has 0 atom stereocenters. The lowest BCUT2D eigenvalue weighted by molar-refractivity contribution is 0.228. The molecular weight excluding hydrogens is 176 g/mol. The summed E-state index contributed by atoms with van der Waals surface area (Å²) in [7, 11) is 3.45. The summed E-state index contributed by atoms with van der Waals surface area (Å²) in [6.07, 6.45) is 8.90. The molecular formula is C12H20O2.